The van der Waals surface area contributed by atoms with Crippen LogP contribution in [0.3, 0.4) is 0 Å². The van der Waals surface area contributed by atoms with Crippen molar-refractivity contribution in [1.82, 2.24) is 5.43 Å². The Morgan fingerprint density at radius 2 is 1.84 bits per heavy atom. The first kappa shape index (κ1) is 16.3. The van der Waals surface area contributed by atoms with Crippen LogP contribution in [0.5, 0.6) is 0 Å². The van der Waals surface area contributed by atoms with Gasteiger partial charge in [-0.3, -0.25) is 11.3 Å². The second-order valence-corrected chi connectivity index (χ2v) is 5.62. The largest absolute Gasteiger partial charge is 0.466 e. The number of hydrazine groups is 1. The summed E-state index contributed by atoms with van der Waals surface area (Å²) in [5.41, 5.74) is 5.50. The lowest BCUT2D eigenvalue weighted by Crippen LogP contribution is -2.30. The number of aryl methyl sites for hydroxylation is 2. The van der Waals surface area contributed by atoms with Gasteiger partial charge in [0.1, 0.15) is 11.5 Å². The summed E-state index contributed by atoms with van der Waals surface area (Å²) in [4.78, 5) is 0. The van der Waals surface area contributed by atoms with Crippen LogP contribution in [0.15, 0.2) is 4.42 Å². The number of furan rings is 1. The third kappa shape index (κ3) is 4.08. The standard InChI is InChI=1S/C16H30N2O/c1-6-8-9-14(7-2)10-15(18-17)16-11(3)12(4)19-13(16)5/h14-15,18H,6-10,17H2,1-5H3. The van der Waals surface area contributed by atoms with E-state index in [1.807, 2.05) is 13.8 Å². The van der Waals surface area contributed by atoms with E-state index in [2.05, 4.69) is 26.2 Å². The molecule has 0 saturated heterocycles. The maximum Gasteiger partial charge on any atom is 0.106 e. The van der Waals surface area contributed by atoms with Crippen molar-refractivity contribution in [2.45, 2.75) is 72.8 Å². The van der Waals surface area contributed by atoms with Crippen molar-refractivity contribution in [3.63, 3.8) is 0 Å². The first-order valence-electron chi connectivity index (χ1n) is 7.57. The van der Waals surface area contributed by atoms with Gasteiger partial charge in [0.05, 0.1) is 0 Å². The summed E-state index contributed by atoms with van der Waals surface area (Å²) >= 11 is 0. The second kappa shape index (κ2) is 7.71. The van der Waals surface area contributed by atoms with E-state index < -0.39 is 0 Å². The Hall–Kier alpha value is -0.800. The van der Waals surface area contributed by atoms with E-state index in [-0.39, 0.29) is 6.04 Å². The molecule has 1 rings (SSSR count). The van der Waals surface area contributed by atoms with Crippen molar-refractivity contribution in [3.05, 3.63) is 22.6 Å². The molecule has 0 saturated carbocycles. The van der Waals surface area contributed by atoms with E-state index in [4.69, 9.17) is 10.3 Å². The second-order valence-electron chi connectivity index (χ2n) is 5.62. The van der Waals surface area contributed by atoms with Gasteiger partial charge in [0.15, 0.2) is 0 Å². The van der Waals surface area contributed by atoms with Crippen molar-refractivity contribution >= 4 is 0 Å². The van der Waals surface area contributed by atoms with Gasteiger partial charge in [0, 0.05) is 11.6 Å². The Balaban J connectivity index is 2.82. The van der Waals surface area contributed by atoms with Gasteiger partial charge in [0.25, 0.3) is 0 Å². The molecule has 0 aliphatic rings. The number of nitrogens with two attached hydrogens (primary N) is 1. The Labute approximate surface area is 117 Å². The van der Waals surface area contributed by atoms with Crippen molar-refractivity contribution in [2.75, 3.05) is 0 Å². The molecular formula is C16H30N2O. The molecule has 3 N–H and O–H groups in total. The monoisotopic (exact) mass is 266 g/mol. The highest BCUT2D eigenvalue weighted by molar-refractivity contribution is 5.34. The Bertz CT molecular complexity index is 384. The number of hydrogen-bond acceptors (Lipinski definition) is 3. The quantitative estimate of drug-likeness (QED) is 0.544. The van der Waals surface area contributed by atoms with Crippen LogP contribution >= 0.6 is 0 Å². The molecule has 3 heteroatoms. The minimum Gasteiger partial charge on any atom is -0.466 e. The first-order valence-corrected chi connectivity index (χ1v) is 7.57. The van der Waals surface area contributed by atoms with E-state index in [1.54, 1.807) is 0 Å². The highest BCUT2D eigenvalue weighted by Gasteiger charge is 2.22. The van der Waals surface area contributed by atoms with Crippen LogP contribution in [0.2, 0.25) is 0 Å². The van der Waals surface area contributed by atoms with Crippen LogP contribution < -0.4 is 11.3 Å². The van der Waals surface area contributed by atoms with Crippen LogP contribution in [0.1, 0.15) is 74.6 Å². The van der Waals surface area contributed by atoms with Gasteiger partial charge in [-0.1, -0.05) is 39.5 Å². The summed E-state index contributed by atoms with van der Waals surface area (Å²) < 4.78 is 5.73. The van der Waals surface area contributed by atoms with Crippen molar-refractivity contribution < 1.29 is 4.42 Å². The maximum absolute atomic E-state index is 5.79. The zero-order chi connectivity index (χ0) is 14.4. The SMILES string of the molecule is CCCCC(CC)CC(NN)c1c(C)oc(C)c1C. The summed E-state index contributed by atoms with van der Waals surface area (Å²) in [6, 6.07) is 0.208. The summed E-state index contributed by atoms with van der Waals surface area (Å²) in [7, 11) is 0. The molecule has 1 aromatic rings. The summed E-state index contributed by atoms with van der Waals surface area (Å²) in [5.74, 6) is 8.54. The fourth-order valence-electron chi connectivity index (χ4n) is 2.91. The fraction of sp³-hybridized carbons (Fsp3) is 0.750. The minimum absolute atomic E-state index is 0.208. The maximum atomic E-state index is 5.79. The molecule has 19 heavy (non-hydrogen) atoms. The van der Waals surface area contributed by atoms with Crippen LogP contribution in [-0.2, 0) is 0 Å². The van der Waals surface area contributed by atoms with Crippen LogP contribution in [0.25, 0.3) is 0 Å². The zero-order valence-electron chi connectivity index (χ0n) is 13.2. The van der Waals surface area contributed by atoms with Gasteiger partial charge in [-0.25, -0.2) is 0 Å². The van der Waals surface area contributed by atoms with Crippen LogP contribution in [0, 0.1) is 26.7 Å². The Morgan fingerprint density at radius 3 is 2.26 bits per heavy atom. The van der Waals surface area contributed by atoms with E-state index in [0.717, 1.165) is 23.9 Å². The van der Waals surface area contributed by atoms with Crippen molar-refractivity contribution in [3.8, 4) is 0 Å². The molecule has 0 aliphatic heterocycles. The third-order valence-corrected chi connectivity index (χ3v) is 4.28. The van der Waals surface area contributed by atoms with E-state index in [0.29, 0.717) is 0 Å². The summed E-state index contributed by atoms with van der Waals surface area (Å²) in [5, 5.41) is 0. The lowest BCUT2D eigenvalue weighted by molar-refractivity contribution is 0.352. The molecule has 1 heterocycles. The zero-order valence-corrected chi connectivity index (χ0v) is 13.2. The number of unbranched alkanes of at least 4 members (excludes halogenated alkanes) is 1. The van der Waals surface area contributed by atoms with Gasteiger partial charge >= 0.3 is 0 Å². The van der Waals surface area contributed by atoms with Gasteiger partial charge < -0.3 is 4.42 Å². The average Bonchev–Trinajstić information content (AvgIpc) is 2.65. The molecule has 3 nitrogen and oxygen atoms in total. The predicted octanol–water partition coefficient (Wildman–Crippen LogP) is 4.32. The molecule has 2 atom stereocenters. The third-order valence-electron chi connectivity index (χ3n) is 4.28. The van der Waals surface area contributed by atoms with E-state index >= 15 is 0 Å². The Morgan fingerprint density at radius 1 is 1.16 bits per heavy atom. The number of hydrogen-bond donors (Lipinski definition) is 2. The fourth-order valence-corrected chi connectivity index (χ4v) is 2.91. The Kier molecular flexibility index (Phi) is 6.59. The molecule has 1 aromatic heterocycles. The van der Waals surface area contributed by atoms with Gasteiger partial charge in [-0.05, 0) is 38.7 Å². The van der Waals surface area contributed by atoms with Crippen molar-refractivity contribution in [2.24, 2.45) is 11.8 Å². The molecular weight excluding hydrogens is 236 g/mol. The first-order chi connectivity index (χ1) is 9.04. The lowest BCUT2D eigenvalue weighted by Gasteiger charge is -2.22. The van der Waals surface area contributed by atoms with Crippen molar-refractivity contribution in [1.29, 1.82) is 0 Å². The summed E-state index contributed by atoms with van der Waals surface area (Å²) in [6.07, 6.45) is 6.17. The number of rotatable bonds is 8. The highest BCUT2D eigenvalue weighted by atomic mass is 16.3. The summed E-state index contributed by atoms with van der Waals surface area (Å²) in [6.45, 7) is 10.7. The molecule has 2 unspecified atom stereocenters. The molecule has 0 aromatic carbocycles. The molecule has 0 spiro atoms. The van der Waals surface area contributed by atoms with Crippen LogP contribution in [-0.4, -0.2) is 0 Å². The predicted molar refractivity (Wildman–Crippen MR) is 80.9 cm³/mol. The number of nitrogens with one attached hydrogen (secondary N) is 1. The molecule has 0 fully saturated rings. The average molecular weight is 266 g/mol. The normalized spacial score (nSPS) is 14.6. The van der Waals surface area contributed by atoms with Gasteiger partial charge in [-0.15, -0.1) is 0 Å². The molecule has 0 aliphatic carbocycles. The smallest absolute Gasteiger partial charge is 0.106 e. The van der Waals surface area contributed by atoms with E-state index in [9.17, 15) is 0 Å². The minimum atomic E-state index is 0.208. The molecule has 0 amide bonds. The lowest BCUT2D eigenvalue weighted by atomic mass is 9.88. The van der Waals surface area contributed by atoms with Gasteiger partial charge in [0.2, 0.25) is 0 Å². The highest BCUT2D eigenvalue weighted by Crippen LogP contribution is 2.32. The van der Waals surface area contributed by atoms with E-state index in [1.165, 1.54) is 36.8 Å². The molecule has 0 radical (unpaired) electrons. The molecule has 110 valence electrons. The van der Waals surface area contributed by atoms with Crippen LogP contribution in [0.4, 0.5) is 0 Å². The topological polar surface area (TPSA) is 51.2 Å². The van der Waals surface area contributed by atoms with Gasteiger partial charge in [-0.2, -0.15) is 0 Å². The molecule has 0 bridgehead atoms.